The number of nitrogens with zero attached hydrogens (tertiary/aromatic N) is 1. The Morgan fingerprint density at radius 3 is 2.72 bits per heavy atom. The lowest BCUT2D eigenvalue weighted by atomic mass is 10.2. The molecule has 2 aromatic rings. The molecule has 0 radical (unpaired) electrons. The molecule has 1 aromatic carbocycles. The van der Waals surface area contributed by atoms with Gasteiger partial charge < -0.3 is 4.74 Å². The Labute approximate surface area is 118 Å². The van der Waals surface area contributed by atoms with Crippen molar-refractivity contribution in [2.75, 3.05) is 0 Å². The highest BCUT2D eigenvalue weighted by molar-refractivity contribution is 9.10. The lowest BCUT2D eigenvalue weighted by Gasteiger charge is -2.06. The monoisotopic (exact) mass is 325 g/mol. The molecule has 0 saturated carbocycles. The number of carbonyl (C=O) groups is 1. The van der Waals surface area contributed by atoms with Crippen molar-refractivity contribution in [3.63, 3.8) is 0 Å². The minimum Gasteiger partial charge on any atom is -0.421 e. The summed E-state index contributed by atoms with van der Waals surface area (Å²) in [7, 11) is 0. The van der Waals surface area contributed by atoms with Gasteiger partial charge in [-0.2, -0.15) is 0 Å². The fraction of sp³-hybridized carbons (Fsp3) is 0.0769. The third kappa shape index (κ3) is 3.09. The predicted molar refractivity (Wildman–Crippen MR) is 73.1 cm³/mol. The average molecular weight is 327 g/mol. The fourth-order valence-corrected chi connectivity index (χ4v) is 2.02. The van der Waals surface area contributed by atoms with Gasteiger partial charge in [-0.3, -0.25) is 4.98 Å². The Kier molecular flexibility index (Phi) is 3.99. The Morgan fingerprint density at radius 1 is 1.33 bits per heavy atom. The molecule has 0 bridgehead atoms. The van der Waals surface area contributed by atoms with E-state index in [0.717, 1.165) is 10.2 Å². The standard InChI is InChI=1S/C13H9BrClNO2/c1-8-2-3-9(7-16-8)13(17)18-12-5-4-10(14)6-11(12)15/h2-7H,1H3. The second kappa shape index (κ2) is 5.50. The maximum atomic E-state index is 11.8. The molecule has 0 N–H and O–H groups in total. The van der Waals surface area contributed by atoms with Crippen molar-refractivity contribution in [3.05, 3.63) is 57.3 Å². The van der Waals surface area contributed by atoms with Crippen molar-refractivity contribution in [2.45, 2.75) is 6.92 Å². The summed E-state index contributed by atoms with van der Waals surface area (Å²) < 4.78 is 6.02. The van der Waals surface area contributed by atoms with Gasteiger partial charge in [-0.15, -0.1) is 0 Å². The van der Waals surface area contributed by atoms with E-state index < -0.39 is 5.97 Å². The van der Waals surface area contributed by atoms with Crippen LogP contribution in [0.15, 0.2) is 41.0 Å². The molecule has 0 aliphatic carbocycles. The Morgan fingerprint density at radius 2 is 2.11 bits per heavy atom. The van der Waals surface area contributed by atoms with Crippen LogP contribution in [0.25, 0.3) is 0 Å². The Bertz CT molecular complexity index is 584. The van der Waals surface area contributed by atoms with Crippen LogP contribution in [0.5, 0.6) is 5.75 Å². The number of ether oxygens (including phenoxy) is 1. The van der Waals surface area contributed by atoms with Gasteiger partial charge in [0.2, 0.25) is 0 Å². The van der Waals surface area contributed by atoms with Crippen LogP contribution in [-0.2, 0) is 0 Å². The molecule has 2 rings (SSSR count). The number of carbonyl (C=O) groups excluding carboxylic acids is 1. The number of rotatable bonds is 2. The summed E-state index contributed by atoms with van der Waals surface area (Å²) in [5.74, 6) is -0.155. The number of hydrogen-bond donors (Lipinski definition) is 0. The molecular weight excluding hydrogens is 318 g/mol. The molecule has 1 heterocycles. The highest BCUT2D eigenvalue weighted by Crippen LogP contribution is 2.28. The van der Waals surface area contributed by atoms with Crippen molar-refractivity contribution < 1.29 is 9.53 Å². The van der Waals surface area contributed by atoms with Gasteiger partial charge in [0.1, 0.15) is 5.75 Å². The molecule has 0 unspecified atom stereocenters. The van der Waals surface area contributed by atoms with Gasteiger partial charge in [0, 0.05) is 16.4 Å². The molecular formula is C13H9BrClNO2. The third-order valence-electron chi connectivity index (χ3n) is 2.24. The van der Waals surface area contributed by atoms with Crippen LogP contribution in [0.2, 0.25) is 5.02 Å². The fourth-order valence-electron chi connectivity index (χ4n) is 1.31. The van der Waals surface area contributed by atoms with Crippen molar-refractivity contribution in [1.82, 2.24) is 4.98 Å². The smallest absolute Gasteiger partial charge is 0.345 e. The minimum absolute atomic E-state index is 0.324. The van der Waals surface area contributed by atoms with Gasteiger partial charge in [-0.05, 0) is 37.3 Å². The van der Waals surface area contributed by atoms with Gasteiger partial charge >= 0.3 is 5.97 Å². The van der Waals surface area contributed by atoms with Crippen molar-refractivity contribution in [1.29, 1.82) is 0 Å². The molecule has 5 heteroatoms. The number of pyridine rings is 1. The third-order valence-corrected chi connectivity index (χ3v) is 3.03. The zero-order valence-electron chi connectivity index (χ0n) is 9.48. The minimum atomic E-state index is -0.480. The average Bonchev–Trinajstić information content (AvgIpc) is 2.33. The lowest BCUT2D eigenvalue weighted by molar-refractivity contribution is 0.0734. The molecule has 0 amide bonds. The van der Waals surface area contributed by atoms with Crippen LogP contribution < -0.4 is 4.74 Å². The number of benzene rings is 1. The van der Waals surface area contributed by atoms with E-state index in [-0.39, 0.29) is 0 Å². The first kappa shape index (κ1) is 13.1. The summed E-state index contributed by atoms with van der Waals surface area (Å²) in [5.41, 5.74) is 1.23. The first-order valence-corrected chi connectivity index (χ1v) is 6.33. The quantitative estimate of drug-likeness (QED) is 0.618. The normalized spacial score (nSPS) is 10.2. The van der Waals surface area contributed by atoms with Crippen LogP contribution in [0, 0.1) is 6.92 Å². The van der Waals surface area contributed by atoms with E-state index in [0.29, 0.717) is 16.3 Å². The van der Waals surface area contributed by atoms with Gasteiger partial charge in [0.15, 0.2) is 0 Å². The molecule has 0 fully saturated rings. The number of aryl methyl sites for hydroxylation is 1. The second-order valence-corrected chi connectivity index (χ2v) is 4.98. The first-order chi connectivity index (χ1) is 8.56. The number of esters is 1. The topological polar surface area (TPSA) is 39.2 Å². The zero-order chi connectivity index (χ0) is 13.1. The lowest BCUT2D eigenvalue weighted by Crippen LogP contribution is -2.09. The largest absolute Gasteiger partial charge is 0.421 e. The molecule has 92 valence electrons. The van der Waals surface area contributed by atoms with E-state index in [1.165, 1.54) is 6.20 Å². The highest BCUT2D eigenvalue weighted by Gasteiger charge is 2.11. The van der Waals surface area contributed by atoms with Gasteiger partial charge in [0.25, 0.3) is 0 Å². The Balaban J connectivity index is 2.18. The SMILES string of the molecule is Cc1ccc(C(=O)Oc2ccc(Br)cc2Cl)cn1. The van der Waals surface area contributed by atoms with Crippen molar-refractivity contribution in [3.8, 4) is 5.75 Å². The number of aromatic nitrogens is 1. The summed E-state index contributed by atoms with van der Waals surface area (Å²) in [4.78, 5) is 15.9. The van der Waals surface area contributed by atoms with E-state index in [2.05, 4.69) is 20.9 Å². The molecule has 3 nitrogen and oxygen atoms in total. The molecule has 18 heavy (non-hydrogen) atoms. The summed E-state index contributed by atoms with van der Waals surface area (Å²) in [6, 6.07) is 8.46. The molecule has 1 aromatic heterocycles. The van der Waals surface area contributed by atoms with Crippen LogP contribution in [-0.4, -0.2) is 11.0 Å². The molecule has 0 aliphatic rings. The Hall–Kier alpha value is -1.39. The maximum Gasteiger partial charge on any atom is 0.345 e. The summed E-state index contributed by atoms with van der Waals surface area (Å²) in [6.45, 7) is 1.85. The summed E-state index contributed by atoms with van der Waals surface area (Å²) >= 11 is 9.24. The number of halogens is 2. The molecule has 0 aliphatic heterocycles. The van der Waals surface area contributed by atoms with E-state index in [4.69, 9.17) is 16.3 Å². The van der Waals surface area contributed by atoms with E-state index in [1.807, 2.05) is 6.92 Å². The zero-order valence-corrected chi connectivity index (χ0v) is 11.8. The van der Waals surface area contributed by atoms with Gasteiger partial charge in [0.05, 0.1) is 10.6 Å². The van der Waals surface area contributed by atoms with Gasteiger partial charge in [-0.25, -0.2) is 4.79 Å². The van der Waals surface area contributed by atoms with Crippen molar-refractivity contribution >= 4 is 33.5 Å². The van der Waals surface area contributed by atoms with Crippen LogP contribution in [0.4, 0.5) is 0 Å². The number of hydrogen-bond acceptors (Lipinski definition) is 3. The highest BCUT2D eigenvalue weighted by atomic mass is 79.9. The molecule has 0 spiro atoms. The van der Waals surface area contributed by atoms with E-state index in [1.54, 1.807) is 30.3 Å². The molecule has 0 saturated heterocycles. The van der Waals surface area contributed by atoms with E-state index >= 15 is 0 Å². The summed E-state index contributed by atoms with van der Waals surface area (Å²) in [6.07, 6.45) is 1.48. The van der Waals surface area contributed by atoms with Gasteiger partial charge in [-0.1, -0.05) is 27.5 Å². The van der Waals surface area contributed by atoms with Crippen LogP contribution in [0.1, 0.15) is 16.1 Å². The van der Waals surface area contributed by atoms with Crippen molar-refractivity contribution in [2.24, 2.45) is 0 Å². The van der Waals surface area contributed by atoms with Crippen LogP contribution in [0.3, 0.4) is 0 Å². The molecule has 0 atom stereocenters. The van der Waals surface area contributed by atoms with E-state index in [9.17, 15) is 4.79 Å². The maximum absolute atomic E-state index is 11.8. The summed E-state index contributed by atoms with van der Waals surface area (Å²) in [5, 5.41) is 0.373. The predicted octanol–water partition coefficient (Wildman–Crippen LogP) is 4.03. The van der Waals surface area contributed by atoms with Crippen LogP contribution >= 0.6 is 27.5 Å². The first-order valence-electron chi connectivity index (χ1n) is 5.16. The second-order valence-electron chi connectivity index (χ2n) is 3.65.